The average Bonchev–Trinajstić information content (AvgIpc) is 3.85. The third-order valence-corrected chi connectivity index (χ3v) is 14.8. The molecule has 4 heteroatoms. The summed E-state index contributed by atoms with van der Waals surface area (Å²) < 4.78 is 8.99. The molecule has 0 saturated carbocycles. The van der Waals surface area contributed by atoms with E-state index in [4.69, 9.17) is 14.7 Å². The van der Waals surface area contributed by atoms with E-state index < -0.39 is 5.41 Å². The predicted octanol–water partition coefficient (Wildman–Crippen LogP) is 15.0. The average molecular weight is 813 g/mol. The first-order valence-electron chi connectivity index (χ1n) is 21.7. The Balaban J connectivity index is 1.01. The summed E-state index contributed by atoms with van der Waals surface area (Å²) in [5.41, 5.74) is 19.2. The van der Waals surface area contributed by atoms with Gasteiger partial charge in [-0.1, -0.05) is 159 Å². The summed E-state index contributed by atoms with van der Waals surface area (Å²) in [4.78, 5) is 10.9. The van der Waals surface area contributed by atoms with E-state index in [1.54, 1.807) is 11.3 Å². The first-order chi connectivity index (χ1) is 30.6. The zero-order valence-corrected chi connectivity index (χ0v) is 35.0. The Morgan fingerprint density at radius 2 is 1.31 bits per heavy atom. The van der Waals surface area contributed by atoms with Crippen LogP contribution in [0.2, 0.25) is 0 Å². The number of thiophene rings is 1. The van der Waals surface area contributed by atoms with Crippen LogP contribution in [0.3, 0.4) is 0 Å². The van der Waals surface area contributed by atoms with Crippen molar-refractivity contribution in [2.45, 2.75) is 31.6 Å². The number of benzene rings is 7. The molecule has 7 aromatic carbocycles. The van der Waals surface area contributed by atoms with Gasteiger partial charge in [-0.05, 0) is 111 Å². The molecule has 0 fully saturated rings. The van der Waals surface area contributed by atoms with Gasteiger partial charge in [-0.3, -0.25) is 0 Å². The minimum atomic E-state index is -0.452. The molecule has 0 amide bonds. The number of aryl methyl sites for hydroxylation is 1. The highest BCUT2D eigenvalue weighted by Crippen LogP contribution is 2.64. The Kier molecular flexibility index (Phi) is 7.86. The van der Waals surface area contributed by atoms with Gasteiger partial charge in [0.05, 0.1) is 21.3 Å². The van der Waals surface area contributed by atoms with Crippen LogP contribution in [-0.4, -0.2) is 9.97 Å². The molecule has 0 saturated heterocycles. The highest BCUT2D eigenvalue weighted by molar-refractivity contribution is 7.26. The van der Waals surface area contributed by atoms with Crippen molar-refractivity contribution in [3.63, 3.8) is 0 Å². The third kappa shape index (κ3) is 5.17. The zero-order valence-electron chi connectivity index (χ0n) is 34.2. The Bertz CT molecular complexity index is 3410. The molecule has 62 heavy (non-hydrogen) atoms. The van der Waals surface area contributed by atoms with E-state index in [0.717, 1.165) is 69.2 Å². The number of aromatic nitrogens is 2. The van der Waals surface area contributed by atoms with E-state index in [-0.39, 0.29) is 0 Å². The van der Waals surface area contributed by atoms with Crippen molar-refractivity contribution in [2.75, 3.05) is 0 Å². The van der Waals surface area contributed by atoms with E-state index >= 15 is 0 Å². The molecule has 3 aliphatic carbocycles. The highest BCUT2D eigenvalue weighted by Gasteiger charge is 2.53. The molecule has 0 radical (unpaired) electrons. The molecule has 1 unspecified atom stereocenters. The molecule has 2 aromatic heterocycles. The molecule has 1 aliphatic heterocycles. The Morgan fingerprint density at radius 1 is 0.597 bits per heavy atom. The molecule has 1 spiro atoms. The molecule has 4 aliphatic rings. The second kappa shape index (κ2) is 13.7. The van der Waals surface area contributed by atoms with Crippen molar-refractivity contribution in [1.82, 2.24) is 9.97 Å². The topological polar surface area (TPSA) is 35.0 Å². The first kappa shape index (κ1) is 35.6. The second-order valence-electron chi connectivity index (χ2n) is 17.2. The normalized spacial score (nSPS) is 16.7. The largest absolute Gasteiger partial charge is 0.457 e. The van der Waals surface area contributed by atoms with Crippen molar-refractivity contribution < 1.29 is 4.74 Å². The fraction of sp³-hybridized carbons (Fsp3) is 0.103. The van der Waals surface area contributed by atoms with Gasteiger partial charge in [0, 0.05) is 32.3 Å². The number of ether oxygens (including phenoxy) is 1. The predicted molar refractivity (Wildman–Crippen MR) is 256 cm³/mol. The van der Waals surface area contributed by atoms with E-state index in [9.17, 15) is 0 Å². The minimum absolute atomic E-state index is 0.452. The van der Waals surface area contributed by atoms with Crippen molar-refractivity contribution in [1.29, 1.82) is 0 Å². The second-order valence-corrected chi connectivity index (χ2v) is 18.2. The van der Waals surface area contributed by atoms with Gasteiger partial charge in [0.25, 0.3) is 0 Å². The number of rotatable bonds is 4. The third-order valence-electron chi connectivity index (χ3n) is 13.7. The smallest absolute Gasteiger partial charge is 0.161 e. The first-order valence-corrected chi connectivity index (χ1v) is 22.6. The zero-order chi connectivity index (χ0) is 40.9. The van der Waals surface area contributed by atoms with Crippen molar-refractivity contribution in [3.8, 4) is 45.3 Å². The summed E-state index contributed by atoms with van der Waals surface area (Å²) in [5.74, 6) is 3.11. The van der Waals surface area contributed by atoms with Crippen molar-refractivity contribution in [2.24, 2.45) is 5.92 Å². The number of hydrogen-bond acceptors (Lipinski definition) is 4. The standard InChI is InChI=1S/C58H40N2OS/c1-35-14-12-17-39(32-35)41-19-4-5-21-43(41)57-59-54(56-55(60-57)44-22-6-11-27-52(44)62-56)40-18-13-16-37(33-40)38-29-30-46-45(34-38)53-42-20-3-2-15-36(42)28-31-49(53)58(46)47-23-7-9-25-50(47)61-51-26-10-8-24-48(51)58/h2-27,29-30,33-35H,28,31-32H2,1H3. The van der Waals surface area contributed by atoms with E-state index in [1.807, 2.05) is 0 Å². The fourth-order valence-corrected chi connectivity index (χ4v) is 12.2. The Labute approximate surface area is 365 Å². The van der Waals surface area contributed by atoms with Crippen LogP contribution in [0.15, 0.2) is 188 Å². The van der Waals surface area contributed by atoms with Gasteiger partial charge in [0.15, 0.2) is 5.82 Å². The van der Waals surface area contributed by atoms with Crippen LogP contribution < -0.4 is 4.74 Å². The van der Waals surface area contributed by atoms with Gasteiger partial charge in [-0.25, -0.2) is 9.97 Å². The van der Waals surface area contributed by atoms with Crippen LogP contribution >= 0.6 is 11.3 Å². The van der Waals surface area contributed by atoms with Gasteiger partial charge in [-0.15, -0.1) is 11.3 Å². The summed E-state index contributed by atoms with van der Waals surface area (Å²) in [6.45, 7) is 2.28. The van der Waals surface area contributed by atoms with Gasteiger partial charge in [0.2, 0.25) is 0 Å². The molecular formula is C58H40N2OS. The number of hydrogen-bond donors (Lipinski definition) is 0. The van der Waals surface area contributed by atoms with Crippen LogP contribution in [0.25, 0.3) is 65.2 Å². The lowest BCUT2D eigenvalue weighted by Crippen LogP contribution is -2.34. The number of allylic oxidation sites excluding steroid dienone is 5. The monoisotopic (exact) mass is 812 g/mol. The maximum absolute atomic E-state index is 6.67. The molecule has 1 atom stereocenters. The lowest BCUT2D eigenvalue weighted by molar-refractivity contribution is 0.431. The molecule has 3 heterocycles. The number of para-hydroxylation sites is 2. The maximum Gasteiger partial charge on any atom is 0.161 e. The van der Waals surface area contributed by atoms with E-state index in [2.05, 4.69) is 189 Å². The lowest BCUT2D eigenvalue weighted by Gasteiger charge is -2.41. The van der Waals surface area contributed by atoms with E-state index in [1.165, 1.54) is 71.3 Å². The molecule has 3 nitrogen and oxygen atoms in total. The molecule has 13 rings (SSSR count). The van der Waals surface area contributed by atoms with Crippen LogP contribution in [0.5, 0.6) is 11.5 Å². The quantitative estimate of drug-likeness (QED) is 0.178. The molecule has 294 valence electrons. The number of fused-ring (bicyclic) bond motifs is 13. The molecule has 0 N–H and O–H groups in total. The minimum Gasteiger partial charge on any atom is -0.457 e. The summed E-state index contributed by atoms with van der Waals surface area (Å²) in [7, 11) is 0. The van der Waals surface area contributed by atoms with Crippen molar-refractivity contribution >= 4 is 42.8 Å². The molecule has 9 aromatic rings. The summed E-state index contributed by atoms with van der Waals surface area (Å²) in [6.07, 6.45) is 9.71. The van der Waals surface area contributed by atoms with Gasteiger partial charge in [0.1, 0.15) is 11.5 Å². The SMILES string of the molecule is CC1C=CC=C(c2ccccc2-c2nc(-c3cccc(-c4ccc5c(c4)C4=C(CCc6ccccc64)C54c5ccccc5Oc5ccccc54)c3)c3sc4ccccc4c3n2)C1. The lowest BCUT2D eigenvalue weighted by atomic mass is 9.63. The Morgan fingerprint density at radius 3 is 2.15 bits per heavy atom. The number of nitrogens with zero attached hydrogens (tertiary/aromatic N) is 2. The van der Waals surface area contributed by atoms with Crippen LogP contribution in [0, 0.1) is 5.92 Å². The highest BCUT2D eigenvalue weighted by atomic mass is 32.1. The summed E-state index contributed by atoms with van der Waals surface area (Å²) in [6, 6.07) is 59.9. The van der Waals surface area contributed by atoms with Gasteiger partial charge < -0.3 is 4.74 Å². The summed E-state index contributed by atoms with van der Waals surface area (Å²) in [5, 5.41) is 1.17. The van der Waals surface area contributed by atoms with E-state index in [0.29, 0.717) is 5.92 Å². The maximum atomic E-state index is 6.67. The fourth-order valence-electron chi connectivity index (χ4n) is 11.0. The van der Waals surface area contributed by atoms with Crippen LogP contribution in [0.1, 0.15) is 58.7 Å². The Hall–Kier alpha value is -7.14. The molecular weight excluding hydrogens is 773 g/mol. The molecule has 0 bridgehead atoms. The van der Waals surface area contributed by atoms with Crippen LogP contribution in [-0.2, 0) is 11.8 Å². The van der Waals surface area contributed by atoms with Gasteiger partial charge >= 0.3 is 0 Å². The van der Waals surface area contributed by atoms with Gasteiger partial charge in [-0.2, -0.15) is 0 Å². The summed E-state index contributed by atoms with van der Waals surface area (Å²) >= 11 is 1.78. The van der Waals surface area contributed by atoms with Crippen LogP contribution in [0.4, 0.5) is 0 Å². The van der Waals surface area contributed by atoms with Crippen molar-refractivity contribution in [3.05, 3.63) is 227 Å².